The van der Waals surface area contributed by atoms with E-state index in [1.165, 1.54) is 12.3 Å². The standard InChI is InChI=1S/C23H25N5O3/c29-21(7-6-20-5-3-15-31-20)26-16-22(30)27-12-8-18(9-13-27)23-25-11-14-28(23)17-19-4-1-2-10-24-19/h1-7,10-11,14-15,18H,8-9,12-13,16-17H2,(H,26,29). The summed E-state index contributed by atoms with van der Waals surface area (Å²) >= 11 is 0. The van der Waals surface area contributed by atoms with E-state index in [9.17, 15) is 9.59 Å². The molecule has 0 aromatic carbocycles. The van der Waals surface area contributed by atoms with Crippen LogP contribution in [0.4, 0.5) is 0 Å². The minimum atomic E-state index is -0.323. The SMILES string of the molecule is O=C(C=Cc1ccco1)NCC(=O)N1CCC(c2nccn2Cc2ccccn2)CC1. The predicted molar refractivity (Wildman–Crippen MR) is 115 cm³/mol. The maximum atomic E-state index is 12.5. The average molecular weight is 419 g/mol. The zero-order chi connectivity index (χ0) is 21.5. The minimum absolute atomic E-state index is 0.0136. The van der Waals surface area contributed by atoms with Crippen molar-refractivity contribution in [3.8, 4) is 0 Å². The Bertz CT molecular complexity index is 1020. The normalized spacial score (nSPS) is 14.8. The van der Waals surface area contributed by atoms with Crippen LogP contribution in [0.3, 0.4) is 0 Å². The molecule has 0 unspecified atom stereocenters. The molecule has 3 aromatic rings. The summed E-state index contributed by atoms with van der Waals surface area (Å²) in [5.74, 6) is 1.53. The summed E-state index contributed by atoms with van der Waals surface area (Å²) in [5.41, 5.74) is 0.992. The largest absolute Gasteiger partial charge is 0.465 e. The van der Waals surface area contributed by atoms with E-state index in [0.717, 1.165) is 24.4 Å². The third-order valence-electron chi connectivity index (χ3n) is 5.37. The molecular formula is C23H25N5O3. The van der Waals surface area contributed by atoms with E-state index in [1.54, 1.807) is 29.3 Å². The van der Waals surface area contributed by atoms with Gasteiger partial charge in [-0.15, -0.1) is 0 Å². The Morgan fingerprint density at radius 2 is 2.00 bits per heavy atom. The molecule has 0 bridgehead atoms. The number of furan rings is 1. The topological polar surface area (TPSA) is 93.3 Å². The quantitative estimate of drug-likeness (QED) is 0.594. The highest BCUT2D eigenvalue weighted by molar-refractivity contribution is 5.94. The molecule has 8 nitrogen and oxygen atoms in total. The molecule has 8 heteroatoms. The van der Waals surface area contributed by atoms with Crippen molar-refractivity contribution in [2.24, 2.45) is 0 Å². The van der Waals surface area contributed by atoms with Gasteiger partial charge in [-0.2, -0.15) is 0 Å². The number of pyridine rings is 1. The van der Waals surface area contributed by atoms with Crippen LogP contribution in [0.5, 0.6) is 0 Å². The predicted octanol–water partition coefficient (Wildman–Crippen LogP) is 2.46. The number of amides is 2. The van der Waals surface area contributed by atoms with Crippen LogP contribution in [-0.2, 0) is 16.1 Å². The molecular weight excluding hydrogens is 394 g/mol. The lowest BCUT2D eigenvalue weighted by molar-refractivity contribution is -0.133. The first-order chi connectivity index (χ1) is 15.2. The Morgan fingerprint density at radius 1 is 1.13 bits per heavy atom. The molecule has 0 aliphatic carbocycles. The fourth-order valence-electron chi connectivity index (χ4n) is 3.74. The summed E-state index contributed by atoms with van der Waals surface area (Å²) < 4.78 is 7.27. The van der Waals surface area contributed by atoms with Crippen LogP contribution >= 0.6 is 0 Å². The number of nitrogens with one attached hydrogen (secondary N) is 1. The van der Waals surface area contributed by atoms with Crippen molar-refractivity contribution in [2.45, 2.75) is 25.3 Å². The fourth-order valence-corrected chi connectivity index (χ4v) is 3.74. The molecule has 1 fully saturated rings. The van der Waals surface area contributed by atoms with Gasteiger partial charge in [0.2, 0.25) is 11.8 Å². The maximum absolute atomic E-state index is 12.5. The number of piperidine rings is 1. The van der Waals surface area contributed by atoms with E-state index in [2.05, 4.69) is 19.9 Å². The lowest BCUT2D eigenvalue weighted by Crippen LogP contribution is -2.43. The van der Waals surface area contributed by atoms with Crippen molar-refractivity contribution in [3.05, 3.63) is 78.5 Å². The van der Waals surface area contributed by atoms with Crippen LogP contribution in [-0.4, -0.2) is 50.9 Å². The number of nitrogens with zero attached hydrogens (tertiary/aromatic N) is 4. The third kappa shape index (κ3) is 5.48. The Hall–Kier alpha value is -3.68. The van der Waals surface area contributed by atoms with Gasteiger partial charge in [-0.3, -0.25) is 14.6 Å². The number of carbonyl (C=O) groups excluding carboxylic acids is 2. The second-order valence-corrected chi connectivity index (χ2v) is 7.46. The van der Waals surface area contributed by atoms with E-state index in [-0.39, 0.29) is 18.4 Å². The van der Waals surface area contributed by atoms with Gasteiger partial charge in [-0.1, -0.05) is 6.07 Å². The Balaban J connectivity index is 1.25. The summed E-state index contributed by atoms with van der Waals surface area (Å²) in [6.45, 7) is 1.98. The average Bonchev–Trinajstić information content (AvgIpc) is 3.49. The summed E-state index contributed by atoms with van der Waals surface area (Å²) in [7, 11) is 0. The third-order valence-corrected chi connectivity index (χ3v) is 5.37. The Morgan fingerprint density at radius 3 is 2.74 bits per heavy atom. The van der Waals surface area contributed by atoms with Crippen molar-refractivity contribution in [2.75, 3.05) is 19.6 Å². The molecule has 0 spiro atoms. The zero-order valence-corrected chi connectivity index (χ0v) is 17.2. The highest BCUT2D eigenvalue weighted by Crippen LogP contribution is 2.27. The van der Waals surface area contributed by atoms with Crippen LogP contribution in [0.15, 0.2) is 65.7 Å². The summed E-state index contributed by atoms with van der Waals surface area (Å²) in [6.07, 6.45) is 11.7. The molecule has 1 N–H and O–H groups in total. The van der Waals surface area contributed by atoms with Gasteiger partial charge in [0.05, 0.1) is 25.0 Å². The molecule has 31 heavy (non-hydrogen) atoms. The molecule has 4 heterocycles. The number of aromatic nitrogens is 3. The molecule has 1 aliphatic rings. The van der Waals surface area contributed by atoms with Crippen LogP contribution < -0.4 is 5.32 Å². The zero-order valence-electron chi connectivity index (χ0n) is 17.2. The van der Waals surface area contributed by atoms with E-state index in [4.69, 9.17) is 4.42 Å². The number of imidazole rings is 1. The molecule has 1 aliphatic heterocycles. The summed E-state index contributed by atoms with van der Waals surface area (Å²) in [5, 5.41) is 2.64. The summed E-state index contributed by atoms with van der Waals surface area (Å²) in [4.78, 5) is 35.1. The van der Waals surface area contributed by atoms with Gasteiger partial charge in [0, 0.05) is 43.7 Å². The fraction of sp³-hybridized carbons (Fsp3) is 0.304. The lowest BCUT2D eigenvalue weighted by Gasteiger charge is -2.32. The maximum Gasteiger partial charge on any atom is 0.244 e. The van der Waals surface area contributed by atoms with Crippen molar-refractivity contribution >= 4 is 17.9 Å². The monoisotopic (exact) mass is 419 g/mol. The number of carbonyl (C=O) groups is 2. The minimum Gasteiger partial charge on any atom is -0.465 e. The van der Waals surface area contributed by atoms with E-state index in [0.29, 0.717) is 31.3 Å². The Kier molecular flexibility index (Phi) is 6.56. The molecule has 0 saturated carbocycles. The van der Waals surface area contributed by atoms with Crippen LogP contribution in [0.2, 0.25) is 0 Å². The van der Waals surface area contributed by atoms with Crippen molar-refractivity contribution < 1.29 is 14.0 Å². The van der Waals surface area contributed by atoms with Gasteiger partial charge >= 0.3 is 0 Å². The highest BCUT2D eigenvalue weighted by Gasteiger charge is 2.26. The summed E-state index contributed by atoms with van der Waals surface area (Å²) in [6, 6.07) is 9.39. The van der Waals surface area contributed by atoms with Gasteiger partial charge in [-0.25, -0.2) is 4.98 Å². The number of hydrogen-bond donors (Lipinski definition) is 1. The van der Waals surface area contributed by atoms with Crippen molar-refractivity contribution in [1.82, 2.24) is 24.8 Å². The van der Waals surface area contributed by atoms with Crippen LogP contribution in [0, 0.1) is 0 Å². The van der Waals surface area contributed by atoms with Crippen molar-refractivity contribution in [1.29, 1.82) is 0 Å². The van der Waals surface area contributed by atoms with Gasteiger partial charge < -0.3 is 19.2 Å². The second-order valence-electron chi connectivity index (χ2n) is 7.46. The van der Waals surface area contributed by atoms with Gasteiger partial charge in [0.15, 0.2) is 0 Å². The number of likely N-dealkylation sites (tertiary alicyclic amines) is 1. The van der Waals surface area contributed by atoms with E-state index < -0.39 is 0 Å². The molecule has 0 radical (unpaired) electrons. The lowest BCUT2D eigenvalue weighted by atomic mass is 9.95. The molecule has 3 aromatic heterocycles. The number of hydrogen-bond acceptors (Lipinski definition) is 5. The molecule has 0 atom stereocenters. The molecule has 4 rings (SSSR count). The van der Waals surface area contributed by atoms with Gasteiger partial charge in [0.1, 0.15) is 11.6 Å². The van der Waals surface area contributed by atoms with E-state index in [1.807, 2.05) is 30.6 Å². The van der Waals surface area contributed by atoms with Crippen LogP contribution in [0.25, 0.3) is 6.08 Å². The smallest absolute Gasteiger partial charge is 0.244 e. The van der Waals surface area contributed by atoms with Crippen molar-refractivity contribution in [3.63, 3.8) is 0 Å². The second kappa shape index (κ2) is 9.88. The number of rotatable bonds is 7. The first kappa shape index (κ1) is 20.6. The first-order valence-corrected chi connectivity index (χ1v) is 10.4. The molecule has 1 saturated heterocycles. The highest BCUT2D eigenvalue weighted by atomic mass is 16.3. The first-order valence-electron chi connectivity index (χ1n) is 10.4. The molecule has 2 amide bonds. The van der Waals surface area contributed by atoms with E-state index >= 15 is 0 Å². The molecule has 160 valence electrons. The Labute approximate surface area is 180 Å². The van der Waals surface area contributed by atoms with Crippen LogP contribution in [0.1, 0.15) is 36.0 Å². The van der Waals surface area contributed by atoms with Gasteiger partial charge in [-0.05, 0) is 43.2 Å². The van der Waals surface area contributed by atoms with Gasteiger partial charge in [0.25, 0.3) is 0 Å².